The summed E-state index contributed by atoms with van der Waals surface area (Å²) in [4.78, 5) is 7.53. The molecule has 41 valence electrons. The van der Waals surface area contributed by atoms with Crippen molar-refractivity contribution in [1.82, 2.24) is 9.97 Å². The molecule has 2 N–H and O–H groups in total. The van der Waals surface area contributed by atoms with Crippen LogP contribution in [0.1, 0.15) is 5.82 Å². The zero-order chi connectivity index (χ0) is 5.98. The van der Waals surface area contributed by atoms with E-state index in [2.05, 4.69) is 16.2 Å². The molecule has 1 radical (unpaired) electrons. The average molecular weight is 108 g/mol. The molecule has 8 heavy (non-hydrogen) atoms. The summed E-state index contributed by atoms with van der Waals surface area (Å²) in [6.45, 7) is 1.79. The maximum Gasteiger partial charge on any atom is 0.126 e. The maximum absolute atomic E-state index is 5.25. The molecule has 0 aliphatic carbocycles. The Morgan fingerprint density at radius 2 is 2.50 bits per heavy atom. The van der Waals surface area contributed by atoms with E-state index in [-0.39, 0.29) is 0 Å². The number of rotatable bonds is 0. The second-order valence-electron chi connectivity index (χ2n) is 1.48. The van der Waals surface area contributed by atoms with Crippen molar-refractivity contribution in [3.8, 4) is 0 Å². The third-order valence-corrected chi connectivity index (χ3v) is 0.737. The van der Waals surface area contributed by atoms with Gasteiger partial charge in [0.1, 0.15) is 12.0 Å². The Balaban J connectivity index is 3.03. The van der Waals surface area contributed by atoms with E-state index >= 15 is 0 Å². The number of aromatic nitrogens is 2. The van der Waals surface area contributed by atoms with Gasteiger partial charge in [0.2, 0.25) is 0 Å². The SMILES string of the molecule is Cc1n[c]c(N)cn1. The Labute approximate surface area is 47.6 Å². The summed E-state index contributed by atoms with van der Waals surface area (Å²) in [5.74, 6) is 0.694. The molecule has 0 spiro atoms. The lowest BCUT2D eigenvalue weighted by Crippen LogP contribution is -1.90. The van der Waals surface area contributed by atoms with Gasteiger partial charge in [0.05, 0.1) is 11.9 Å². The number of anilines is 1. The molecule has 0 aliphatic rings. The Kier molecular flexibility index (Phi) is 1.12. The predicted molar refractivity (Wildman–Crippen MR) is 30.0 cm³/mol. The number of nitrogens with zero attached hydrogens (tertiary/aromatic N) is 2. The van der Waals surface area contributed by atoms with Gasteiger partial charge in [-0.1, -0.05) is 0 Å². The molecule has 1 aromatic heterocycles. The highest BCUT2D eigenvalue weighted by atomic mass is 14.9. The minimum absolute atomic E-state index is 0.482. The topological polar surface area (TPSA) is 51.8 Å². The van der Waals surface area contributed by atoms with Crippen LogP contribution >= 0.6 is 0 Å². The fourth-order valence-electron chi connectivity index (χ4n) is 0.366. The van der Waals surface area contributed by atoms with Crippen LogP contribution in [0.15, 0.2) is 6.20 Å². The number of nitrogen functional groups attached to an aromatic ring is 1. The van der Waals surface area contributed by atoms with Gasteiger partial charge in [0, 0.05) is 0 Å². The van der Waals surface area contributed by atoms with E-state index in [1.54, 1.807) is 6.92 Å². The third-order valence-electron chi connectivity index (χ3n) is 0.737. The normalized spacial score (nSPS) is 9.12. The van der Waals surface area contributed by atoms with Gasteiger partial charge in [-0.3, -0.25) is 0 Å². The summed E-state index contributed by atoms with van der Waals surface area (Å²) in [5, 5.41) is 0. The van der Waals surface area contributed by atoms with Gasteiger partial charge >= 0.3 is 0 Å². The van der Waals surface area contributed by atoms with E-state index in [1.807, 2.05) is 0 Å². The molecule has 0 atom stereocenters. The lowest BCUT2D eigenvalue weighted by atomic mass is 10.5. The fourth-order valence-corrected chi connectivity index (χ4v) is 0.366. The van der Waals surface area contributed by atoms with E-state index in [0.29, 0.717) is 11.5 Å². The zero-order valence-electron chi connectivity index (χ0n) is 4.55. The van der Waals surface area contributed by atoms with E-state index in [4.69, 9.17) is 5.73 Å². The Bertz CT molecular complexity index is 147. The first-order chi connectivity index (χ1) is 3.79. The van der Waals surface area contributed by atoms with Crippen molar-refractivity contribution < 1.29 is 0 Å². The largest absolute Gasteiger partial charge is 0.396 e. The van der Waals surface area contributed by atoms with Crippen LogP contribution in [0.4, 0.5) is 5.69 Å². The van der Waals surface area contributed by atoms with E-state index in [9.17, 15) is 0 Å². The van der Waals surface area contributed by atoms with Crippen LogP contribution in [0, 0.1) is 13.1 Å². The highest BCUT2D eigenvalue weighted by Gasteiger charge is 1.84. The van der Waals surface area contributed by atoms with Gasteiger partial charge in [0.25, 0.3) is 0 Å². The minimum atomic E-state index is 0.482. The maximum atomic E-state index is 5.25. The molecular formula is C5H6N3. The van der Waals surface area contributed by atoms with Crippen molar-refractivity contribution >= 4 is 5.69 Å². The molecule has 1 heterocycles. The molecule has 0 aromatic carbocycles. The standard InChI is InChI=1S/C5H6N3/c1-4-7-2-5(6)3-8-4/h2H,6H2,1H3. The van der Waals surface area contributed by atoms with Crippen LogP contribution < -0.4 is 5.73 Å². The van der Waals surface area contributed by atoms with Gasteiger partial charge in [-0.15, -0.1) is 0 Å². The molecule has 0 bridgehead atoms. The van der Waals surface area contributed by atoms with Gasteiger partial charge in [-0.2, -0.15) is 0 Å². The molecule has 0 aliphatic heterocycles. The lowest BCUT2D eigenvalue weighted by molar-refractivity contribution is 1.05. The molecule has 1 aromatic rings. The smallest absolute Gasteiger partial charge is 0.126 e. The Hall–Kier alpha value is -1.12. The van der Waals surface area contributed by atoms with Crippen LogP contribution in [0.25, 0.3) is 0 Å². The predicted octanol–water partition coefficient (Wildman–Crippen LogP) is 0.167. The first kappa shape index (κ1) is 5.03. The van der Waals surface area contributed by atoms with Gasteiger partial charge in [-0.05, 0) is 6.92 Å². The van der Waals surface area contributed by atoms with Crippen molar-refractivity contribution in [2.45, 2.75) is 6.92 Å². The number of nitrogens with two attached hydrogens (primary N) is 1. The van der Waals surface area contributed by atoms with Gasteiger partial charge in [0.15, 0.2) is 0 Å². The van der Waals surface area contributed by atoms with Gasteiger partial charge < -0.3 is 5.73 Å². The average Bonchev–Trinajstić information content (AvgIpc) is 1.77. The van der Waals surface area contributed by atoms with Crippen LogP contribution in [-0.4, -0.2) is 9.97 Å². The molecule has 1 rings (SSSR count). The summed E-state index contributed by atoms with van der Waals surface area (Å²) in [6.07, 6.45) is 4.09. The van der Waals surface area contributed by atoms with Crippen molar-refractivity contribution in [2.24, 2.45) is 0 Å². The number of hydrogen-bond donors (Lipinski definition) is 1. The minimum Gasteiger partial charge on any atom is -0.396 e. The number of hydrogen-bond acceptors (Lipinski definition) is 3. The third kappa shape index (κ3) is 0.932. The Morgan fingerprint density at radius 1 is 1.75 bits per heavy atom. The summed E-state index contributed by atoms with van der Waals surface area (Å²) < 4.78 is 0. The van der Waals surface area contributed by atoms with Crippen LogP contribution in [0.5, 0.6) is 0 Å². The first-order valence-corrected chi connectivity index (χ1v) is 2.26. The van der Waals surface area contributed by atoms with Crippen molar-refractivity contribution in [3.05, 3.63) is 18.2 Å². The van der Waals surface area contributed by atoms with Crippen LogP contribution in [-0.2, 0) is 0 Å². The molecule has 0 amide bonds. The second kappa shape index (κ2) is 1.78. The molecule has 0 fully saturated rings. The van der Waals surface area contributed by atoms with Crippen molar-refractivity contribution in [1.29, 1.82) is 0 Å². The quantitative estimate of drug-likeness (QED) is 0.515. The molecule has 0 saturated carbocycles. The van der Waals surface area contributed by atoms with Crippen molar-refractivity contribution in [2.75, 3.05) is 5.73 Å². The van der Waals surface area contributed by atoms with Gasteiger partial charge in [-0.25, -0.2) is 9.97 Å². The number of aryl methyl sites for hydroxylation is 1. The molecule has 3 heteroatoms. The molecule has 0 unspecified atom stereocenters. The van der Waals surface area contributed by atoms with E-state index in [0.717, 1.165) is 0 Å². The molecule has 0 saturated heterocycles. The fraction of sp³-hybridized carbons (Fsp3) is 0.200. The monoisotopic (exact) mass is 108 g/mol. The van der Waals surface area contributed by atoms with Crippen molar-refractivity contribution in [3.63, 3.8) is 0 Å². The Morgan fingerprint density at radius 3 is 2.88 bits per heavy atom. The van der Waals surface area contributed by atoms with E-state index in [1.165, 1.54) is 6.20 Å². The molecule has 3 nitrogen and oxygen atoms in total. The second-order valence-corrected chi connectivity index (χ2v) is 1.48. The zero-order valence-corrected chi connectivity index (χ0v) is 4.55. The van der Waals surface area contributed by atoms with Crippen LogP contribution in [0.3, 0.4) is 0 Å². The first-order valence-electron chi connectivity index (χ1n) is 2.26. The molecular weight excluding hydrogens is 102 g/mol. The highest BCUT2D eigenvalue weighted by molar-refractivity contribution is 5.28. The summed E-state index contributed by atoms with van der Waals surface area (Å²) in [7, 11) is 0. The lowest BCUT2D eigenvalue weighted by Gasteiger charge is -1.87. The summed E-state index contributed by atoms with van der Waals surface area (Å²) in [5.41, 5.74) is 5.73. The van der Waals surface area contributed by atoms with E-state index < -0.39 is 0 Å². The highest BCUT2D eigenvalue weighted by Crippen LogP contribution is 1.91. The van der Waals surface area contributed by atoms with Crippen LogP contribution in [0.2, 0.25) is 0 Å². The summed E-state index contributed by atoms with van der Waals surface area (Å²) >= 11 is 0. The summed E-state index contributed by atoms with van der Waals surface area (Å²) in [6, 6.07) is 0.